The smallest absolute Gasteiger partial charge is 0.257 e. The Balaban J connectivity index is 1.65. The number of nitrogens with zero attached hydrogens (tertiary/aromatic N) is 3. The summed E-state index contributed by atoms with van der Waals surface area (Å²) in [6, 6.07) is 23.2. The Hall–Kier alpha value is -3.84. The molecule has 0 aliphatic carbocycles. The van der Waals surface area contributed by atoms with Gasteiger partial charge in [0.05, 0.1) is 39.6 Å². The highest BCUT2D eigenvalue weighted by Crippen LogP contribution is 2.40. The zero-order valence-corrected chi connectivity index (χ0v) is 20.6. The van der Waals surface area contributed by atoms with Crippen LogP contribution in [0, 0.1) is 0 Å². The fourth-order valence-corrected chi connectivity index (χ4v) is 4.38. The second-order valence-electron chi connectivity index (χ2n) is 8.47. The van der Waals surface area contributed by atoms with E-state index in [1.165, 1.54) is 0 Å². The molecule has 0 N–H and O–H groups in total. The van der Waals surface area contributed by atoms with Crippen LogP contribution in [0.4, 0.5) is 0 Å². The monoisotopic (exact) mass is 473 g/mol. The maximum atomic E-state index is 13.6. The van der Waals surface area contributed by atoms with Crippen molar-refractivity contribution in [2.75, 3.05) is 34.9 Å². The Kier molecular flexibility index (Phi) is 7.67. The van der Waals surface area contributed by atoms with E-state index >= 15 is 0 Å². The van der Waals surface area contributed by atoms with Gasteiger partial charge < -0.3 is 14.2 Å². The van der Waals surface area contributed by atoms with Crippen molar-refractivity contribution in [3.05, 3.63) is 89.5 Å². The van der Waals surface area contributed by atoms with Gasteiger partial charge in [-0.05, 0) is 36.9 Å². The molecule has 1 heterocycles. The predicted molar refractivity (Wildman–Crippen MR) is 136 cm³/mol. The molecule has 0 bridgehead atoms. The van der Waals surface area contributed by atoms with Crippen LogP contribution in [0.5, 0.6) is 17.2 Å². The molecule has 3 aromatic carbocycles. The first kappa shape index (κ1) is 24.3. The van der Waals surface area contributed by atoms with Crippen LogP contribution < -0.4 is 14.2 Å². The van der Waals surface area contributed by atoms with Gasteiger partial charge in [0.25, 0.3) is 5.91 Å². The number of methoxy groups -OCH3 is 3. The Labute approximate surface area is 206 Å². The Morgan fingerprint density at radius 3 is 2.37 bits per heavy atom. The van der Waals surface area contributed by atoms with E-state index in [4.69, 9.17) is 19.3 Å². The molecular formula is C28H31N3O4. The largest absolute Gasteiger partial charge is 0.497 e. The van der Waals surface area contributed by atoms with Crippen molar-refractivity contribution < 1.29 is 19.0 Å². The van der Waals surface area contributed by atoms with Gasteiger partial charge >= 0.3 is 0 Å². The number of para-hydroxylation sites is 1. The van der Waals surface area contributed by atoms with Gasteiger partial charge in [0.1, 0.15) is 17.2 Å². The van der Waals surface area contributed by atoms with Crippen molar-refractivity contribution in [1.82, 2.24) is 9.91 Å². The minimum atomic E-state index is -0.312. The van der Waals surface area contributed by atoms with Crippen molar-refractivity contribution in [1.29, 1.82) is 0 Å². The molecule has 1 aliphatic rings. The molecule has 1 amide bonds. The van der Waals surface area contributed by atoms with Gasteiger partial charge in [-0.15, -0.1) is 0 Å². The lowest BCUT2D eigenvalue weighted by Gasteiger charge is -2.26. The molecule has 1 atom stereocenters. The topological polar surface area (TPSA) is 63.6 Å². The van der Waals surface area contributed by atoms with E-state index in [1.54, 1.807) is 26.3 Å². The van der Waals surface area contributed by atoms with E-state index in [9.17, 15) is 4.79 Å². The molecule has 7 heteroatoms. The fourth-order valence-electron chi connectivity index (χ4n) is 4.38. The van der Waals surface area contributed by atoms with E-state index < -0.39 is 0 Å². The van der Waals surface area contributed by atoms with Gasteiger partial charge in [-0.1, -0.05) is 42.5 Å². The second-order valence-corrected chi connectivity index (χ2v) is 8.47. The first-order valence-electron chi connectivity index (χ1n) is 11.5. The molecule has 3 aromatic rings. The highest BCUT2D eigenvalue weighted by Gasteiger charge is 2.36. The molecule has 0 unspecified atom stereocenters. The number of ether oxygens (including phenoxy) is 3. The number of carbonyl (C=O) groups excluding carboxylic acids is 1. The number of benzene rings is 3. The van der Waals surface area contributed by atoms with Crippen molar-refractivity contribution in [3.63, 3.8) is 0 Å². The molecule has 0 saturated carbocycles. The number of amides is 1. The molecule has 7 nitrogen and oxygen atoms in total. The molecule has 0 radical (unpaired) electrons. The lowest BCUT2D eigenvalue weighted by Crippen LogP contribution is -2.36. The summed E-state index contributed by atoms with van der Waals surface area (Å²) < 4.78 is 16.6. The Bertz CT molecular complexity index is 1200. The molecule has 4 rings (SSSR count). The van der Waals surface area contributed by atoms with Crippen molar-refractivity contribution in [2.24, 2.45) is 5.10 Å². The summed E-state index contributed by atoms with van der Waals surface area (Å²) >= 11 is 0. The van der Waals surface area contributed by atoms with Crippen LogP contribution in [0.2, 0.25) is 0 Å². The van der Waals surface area contributed by atoms with Crippen molar-refractivity contribution >= 4 is 11.6 Å². The highest BCUT2D eigenvalue weighted by molar-refractivity contribution is 6.05. The van der Waals surface area contributed by atoms with Gasteiger partial charge in [-0.3, -0.25) is 9.69 Å². The number of carbonyl (C=O) groups is 1. The summed E-state index contributed by atoms with van der Waals surface area (Å²) in [5.74, 6) is 1.98. The first-order valence-corrected chi connectivity index (χ1v) is 11.5. The van der Waals surface area contributed by atoms with Crippen LogP contribution in [-0.2, 0) is 11.3 Å². The summed E-state index contributed by atoms with van der Waals surface area (Å²) in [4.78, 5) is 15.6. The highest BCUT2D eigenvalue weighted by atomic mass is 16.5. The summed E-state index contributed by atoms with van der Waals surface area (Å²) in [5, 5.41) is 6.40. The summed E-state index contributed by atoms with van der Waals surface area (Å²) in [6.45, 7) is 0.895. The molecular weight excluding hydrogens is 442 g/mol. The van der Waals surface area contributed by atoms with Gasteiger partial charge in [0.2, 0.25) is 0 Å². The average Bonchev–Trinajstić information content (AvgIpc) is 3.34. The number of rotatable bonds is 9. The number of hydrogen-bond acceptors (Lipinski definition) is 6. The molecule has 0 spiro atoms. The molecule has 182 valence electrons. The van der Waals surface area contributed by atoms with E-state index in [0.717, 1.165) is 28.2 Å². The van der Waals surface area contributed by atoms with E-state index in [1.807, 2.05) is 72.6 Å². The van der Waals surface area contributed by atoms with Crippen molar-refractivity contribution in [2.45, 2.75) is 19.0 Å². The van der Waals surface area contributed by atoms with Gasteiger partial charge in [-0.2, -0.15) is 5.10 Å². The SMILES string of the molecule is COc1ccc([C@H]2CC(c3ccccc3OC)=NN2C(=O)CN(C)Cc2ccccc2)c(OC)c1. The second kappa shape index (κ2) is 11.1. The van der Waals surface area contributed by atoms with Crippen LogP contribution in [0.15, 0.2) is 77.9 Å². The van der Waals surface area contributed by atoms with Gasteiger partial charge in [0, 0.05) is 30.2 Å². The van der Waals surface area contributed by atoms with E-state index in [2.05, 4.69) is 12.1 Å². The van der Waals surface area contributed by atoms with Gasteiger partial charge in [-0.25, -0.2) is 5.01 Å². The van der Waals surface area contributed by atoms with E-state index in [-0.39, 0.29) is 18.5 Å². The van der Waals surface area contributed by atoms with Crippen LogP contribution in [0.25, 0.3) is 0 Å². The van der Waals surface area contributed by atoms with Crippen LogP contribution in [-0.4, -0.2) is 56.4 Å². The quantitative estimate of drug-likeness (QED) is 0.457. The average molecular weight is 474 g/mol. The Morgan fingerprint density at radius 1 is 0.943 bits per heavy atom. The van der Waals surface area contributed by atoms with Gasteiger partial charge in [0.15, 0.2) is 0 Å². The normalized spacial score (nSPS) is 15.2. The molecule has 0 fully saturated rings. The van der Waals surface area contributed by atoms with Crippen LogP contribution in [0.3, 0.4) is 0 Å². The third kappa shape index (κ3) is 5.46. The zero-order chi connectivity index (χ0) is 24.8. The Morgan fingerprint density at radius 2 is 1.66 bits per heavy atom. The minimum absolute atomic E-state index is 0.0869. The number of likely N-dealkylation sites (N-methyl/N-ethyl adjacent to an activating group) is 1. The fraction of sp³-hybridized carbons (Fsp3) is 0.286. The lowest BCUT2D eigenvalue weighted by molar-refractivity contribution is -0.134. The lowest BCUT2D eigenvalue weighted by atomic mass is 9.97. The third-order valence-electron chi connectivity index (χ3n) is 6.08. The molecule has 0 saturated heterocycles. The first-order chi connectivity index (χ1) is 17.0. The van der Waals surface area contributed by atoms with E-state index in [0.29, 0.717) is 24.5 Å². The predicted octanol–water partition coefficient (Wildman–Crippen LogP) is 4.52. The maximum Gasteiger partial charge on any atom is 0.257 e. The van der Waals surface area contributed by atoms with Crippen LogP contribution in [0.1, 0.15) is 29.2 Å². The standard InChI is InChI=1S/C28H31N3O4/c1-30(18-20-10-6-5-7-11-20)19-28(32)31-25(23-15-14-21(33-2)16-27(23)35-4)17-24(29-31)22-12-8-9-13-26(22)34-3/h5-16,25H,17-19H2,1-4H3/t25-/m1/s1. The zero-order valence-electron chi connectivity index (χ0n) is 20.6. The number of hydrogen-bond donors (Lipinski definition) is 0. The maximum absolute atomic E-state index is 13.6. The summed E-state index contributed by atoms with van der Waals surface area (Å²) in [7, 11) is 6.81. The summed E-state index contributed by atoms with van der Waals surface area (Å²) in [6.07, 6.45) is 0.539. The molecule has 0 aromatic heterocycles. The molecule has 35 heavy (non-hydrogen) atoms. The van der Waals surface area contributed by atoms with Crippen molar-refractivity contribution in [3.8, 4) is 17.2 Å². The minimum Gasteiger partial charge on any atom is -0.497 e. The third-order valence-corrected chi connectivity index (χ3v) is 6.08. The number of hydrazone groups is 1. The van der Waals surface area contributed by atoms with Crippen LogP contribution >= 0.6 is 0 Å². The molecule has 1 aliphatic heterocycles. The summed E-state index contributed by atoms with van der Waals surface area (Å²) in [5.41, 5.74) is 3.70.